The van der Waals surface area contributed by atoms with Crippen LogP contribution in [0.3, 0.4) is 0 Å². The molecular weight excluding hydrogens is 194 g/mol. The number of thiazole rings is 1. The fourth-order valence-electron chi connectivity index (χ4n) is 1.87. The molecule has 0 bridgehead atoms. The molecule has 0 saturated carbocycles. The Hall–Kier alpha value is -1.05. The summed E-state index contributed by atoms with van der Waals surface area (Å²) in [4.78, 5) is 5.48. The van der Waals surface area contributed by atoms with Crippen LogP contribution >= 0.6 is 11.3 Å². The van der Waals surface area contributed by atoms with Gasteiger partial charge in [0.2, 0.25) is 0 Å². The van der Waals surface area contributed by atoms with Crippen molar-refractivity contribution >= 4 is 16.5 Å². The van der Waals surface area contributed by atoms with Crippen molar-refractivity contribution in [2.45, 2.75) is 31.2 Å². The van der Waals surface area contributed by atoms with E-state index in [1.54, 1.807) is 0 Å². The summed E-state index contributed by atoms with van der Waals surface area (Å²) in [6, 6.07) is 0. The number of rotatable bonds is 1. The molecule has 3 nitrogen and oxygen atoms in total. The van der Waals surface area contributed by atoms with Gasteiger partial charge in [0, 0.05) is 23.3 Å². The van der Waals surface area contributed by atoms with Gasteiger partial charge in [-0.3, -0.25) is 0 Å². The van der Waals surface area contributed by atoms with Gasteiger partial charge < -0.3 is 11.5 Å². The Morgan fingerprint density at radius 2 is 2.43 bits per heavy atom. The van der Waals surface area contributed by atoms with Gasteiger partial charge in [-0.1, -0.05) is 0 Å². The maximum absolute atomic E-state index is 6.19. The number of nitrogens with zero attached hydrogens (tertiary/aromatic N) is 1. The third-order valence-electron chi connectivity index (χ3n) is 2.62. The molecule has 1 unspecified atom stereocenters. The number of aryl methyl sites for hydroxylation is 1. The van der Waals surface area contributed by atoms with Crippen LogP contribution in [0.5, 0.6) is 0 Å². The number of hydrogen-bond donors (Lipinski definition) is 2. The van der Waals surface area contributed by atoms with E-state index in [1.165, 1.54) is 16.2 Å². The van der Waals surface area contributed by atoms with E-state index in [0.29, 0.717) is 11.6 Å². The molecule has 0 aromatic carbocycles. The molecule has 4 N–H and O–H groups in total. The first-order chi connectivity index (χ1) is 6.63. The Bertz CT molecular complexity index is 391. The van der Waals surface area contributed by atoms with Gasteiger partial charge in [0.1, 0.15) is 0 Å². The summed E-state index contributed by atoms with van der Waals surface area (Å²) in [6.07, 6.45) is 8.57. The molecule has 1 aliphatic rings. The van der Waals surface area contributed by atoms with Gasteiger partial charge in [0.15, 0.2) is 5.13 Å². The monoisotopic (exact) mass is 207 g/mol. The summed E-state index contributed by atoms with van der Waals surface area (Å²) < 4.78 is 0. The van der Waals surface area contributed by atoms with Crippen LogP contribution in [0.25, 0.3) is 0 Å². The minimum absolute atomic E-state index is 0.235. The van der Waals surface area contributed by atoms with Crippen LogP contribution in [0.15, 0.2) is 0 Å². The van der Waals surface area contributed by atoms with Gasteiger partial charge in [-0.15, -0.1) is 23.7 Å². The lowest BCUT2D eigenvalue weighted by Gasteiger charge is -2.30. The maximum atomic E-state index is 6.19. The van der Waals surface area contributed by atoms with E-state index in [0.717, 1.165) is 25.0 Å². The van der Waals surface area contributed by atoms with Gasteiger partial charge in [-0.25, -0.2) is 4.98 Å². The Morgan fingerprint density at radius 3 is 3.14 bits per heavy atom. The summed E-state index contributed by atoms with van der Waals surface area (Å²) in [6.45, 7) is 0. The highest BCUT2D eigenvalue weighted by atomic mass is 32.1. The van der Waals surface area contributed by atoms with E-state index in [-0.39, 0.29) is 5.54 Å². The van der Waals surface area contributed by atoms with Crippen LogP contribution in [0, 0.1) is 12.3 Å². The van der Waals surface area contributed by atoms with Gasteiger partial charge in [0.05, 0.1) is 5.69 Å². The lowest BCUT2D eigenvalue weighted by Crippen LogP contribution is -2.44. The second-order valence-electron chi connectivity index (χ2n) is 3.84. The molecule has 1 aromatic rings. The van der Waals surface area contributed by atoms with Crippen LogP contribution in [0.4, 0.5) is 5.13 Å². The first-order valence-electron chi connectivity index (χ1n) is 4.59. The van der Waals surface area contributed by atoms with Crippen molar-refractivity contribution in [1.29, 1.82) is 0 Å². The second kappa shape index (κ2) is 3.26. The number of hydrogen-bond acceptors (Lipinski definition) is 4. The number of nitrogens with two attached hydrogens (primary N) is 2. The number of terminal acetylenes is 1. The van der Waals surface area contributed by atoms with Crippen LogP contribution in [-0.2, 0) is 12.8 Å². The van der Waals surface area contributed by atoms with Crippen LogP contribution < -0.4 is 11.5 Å². The van der Waals surface area contributed by atoms with E-state index in [1.807, 2.05) is 0 Å². The minimum Gasteiger partial charge on any atom is -0.375 e. The highest BCUT2D eigenvalue weighted by Crippen LogP contribution is 2.33. The van der Waals surface area contributed by atoms with Gasteiger partial charge in [0.25, 0.3) is 0 Å². The average molecular weight is 207 g/mol. The summed E-state index contributed by atoms with van der Waals surface area (Å²) in [5.74, 6) is 2.64. The summed E-state index contributed by atoms with van der Waals surface area (Å²) in [5.41, 5.74) is 12.7. The first-order valence-corrected chi connectivity index (χ1v) is 5.41. The molecule has 0 amide bonds. The van der Waals surface area contributed by atoms with Crippen molar-refractivity contribution in [2.24, 2.45) is 5.73 Å². The molecule has 4 heteroatoms. The van der Waals surface area contributed by atoms with Crippen molar-refractivity contribution in [3.05, 3.63) is 10.6 Å². The van der Waals surface area contributed by atoms with E-state index in [4.69, 9.17) is 17.9 Å². The summed E-state index contributed by atoms with van der Waals surface area (Å²) in [5, 5.41) is 0.639. The Balaban J connectivity index is 2.25. The summed E-state index contributed by atoms with van der Waals surface area (Å²) >= 11 is 1.54. The molecule has 1 aromatic heterocycles. The van der Waals surface area contributed by atoms with Gasteiger partial charge >= 0.3 is 0 Å². The van der Waals surface area contributed by atoms with Crippen molar-refractivity contribution in [1.82, 2.24) is 4.98 Å². The molecule has 2 rings (SSSR count). The van der Waals surface area contributed by atoms with E-state index in [2.05, 4.69) is 10.9 Å². The van der Waals surface area contributed by atoms with E-state index in [9.17, 15) is 0 Å². The normalized spacial score (nSPS) is 25.4. The molecule has 1 aliphatic carbocycles. The van der Waals surface area contributed by atoms with Crippen molar-refractivity contribution < 1.29 is 0 Å². The lowest BCUT2D eigenvalue weighted by molar-refractivity contribution is 0.382. The zero-order chi connectivity index (χ0) is 10.2. The molecular formula is C10H13N3S. The molecule has 0 radical (unpaired) electrons. The number of anilines is 1. The highest BCUT2D eigenvalue weighted by Gasteiger charge is 2.31. The fraction of sp³-hybridized carbons (Fsp3) is 0.500. The largest absolute Gasteiger partial charge is 0.375 e. The standard InChI is InChI=1S/C10H13N3S/c1-2-4-10(12)5-3-7-8(6-10)14-9(11)13-7/h1H,3-6,12H2,(H2,11,13). The zero-order valence-electron chi connectivity index (χ0n) is 7.92. The predicted molar refractivity (Wildman–Crippen MR) is 58.9 cm³/mol. The number of fused-ring (bicyclic) bond motifs is 1. The average Bonchev–Trinajstić information content (AvgIpc) is 2.44. The van der Waals surface area contributed by atoms with E-state index < -0.39 is 0 Å². The maximum Gasteiger partial charge on any atom is 0.180 e. The quantitative estimate of drug-likeness (QED) is 0.673. The number of nitrogen functional groups attached to an aromatic ring is 1. The zero-order valence-corrected chi connectivity index (χ0v) is 8.73. The topological polar surface area (TPSA) is 64.9 Å². The lowest BCUT2D eigenvalue weighted by atomic mass is 9.82. The first kappa shape index (κ1) is 9.50. The Morgan fingerprint density at radius 1 is 1.64 bits per heavy atom. The summed E-state index contributed by atoms with van der Waals surface area (Å²) in [7, 11) is 0. The van der Waals surface area contributed by atoms with Gasteiger partial charge in [-0.2, -0.15) is 0 Å². The third kappa shape index (κ3) is 1.61. The van der Waals surface area contributed by atoms with Crippen molar-refractivity contribution in [2.75, 3.05) is 5.73 Å². The van der Waals surface area contributed by atoms with Gasteiger partial charge in [-0.05, 0) is 12.8 Å². The minimum atomic E-state index is -0.235. The smallest absolute Gasteiger partial charge is 0.180 e. The predicted octanol–water partition coefficient (Wildman–Crippen LogP) is 0.935. The molecule has 1 heterocycles. The molecule has 0 fully saturated rings. The SMILES string of the molecule is C#CCC1(N)CCc2nc(N)sc2C1. The molecule has 0 aliphatic heterocycles. The van der Waals surface area contributed by atoms with Crippen molar-refractivity contribution in [3.63, 3.8) is 0 Å². The molecule has 0 saturated heterocycles. The number of aromatic nitrogens is 1. The van der Waals surface area contributed by atoms with Crippen LogP contribution in [0.2, 0.25) is 0 Å². The molecule has 1 atom stereocenters. The molecule has 74 valence electrons. The van der Waals surface area contributed by atoms with E-state index >= 15 is 0 Å². The Labute approximate surface area is 87.5 Å². The second-order valence-corrected chi connectivity index (χ2v) is 4.96. The van der Waals surface area contributed by atoms with Crippen molar-refractivity contribution in [3.8, 4) is 12.3 Å². The highest BCUT2D eigenvalue weighted by molar-refractivity contribution is 7.15. The molecule has 0 spiro atoms. The van der Waals surface area contributed by atoms with Crippen LogP contribution in [-0.4, -0.2) is 10.5 Å². The molecule has 14 heavy (non-hydrogen) atoms. The fourth-order valence-corrected chi connectivity index (χ4v) is 2.90. The third-order valence-corrected chi connectivity index (χ3v) is 3.55. The van der Waals surface area contributed by atoms with Crippen LogP contribution in [0.1, 0.15) is 23.4 Å². The Kier molecular flexibility index (Phi) is 2.22.